The van der Waals surface area contributed by atoms with Gasteiger partial charge in [-0.1, -0.05) is 29.8 Å². The summed E-state index contributed by atoms with van der Waals surface area (Å²) in [7, 11) is 0. The van der Waals surface area contributed by atoms with Crippen molar-refractivity contribution in [2.75, 3.05) is 18.4 Å². The molecule has 23 heavy (non-hydrogen) atoms. The van der Waals surface area contributed by atoms with Crippen LogP contribution in [0.4, 0.5) is 5.69 Å². The molecule has 0 radical (unpaired) electrons. The third-order valence-electron chi connectivity index (χ3n) is 3.85. The zero-order chi connectivity index (χ0) is 16.1. The van der Waals surface area contributed by atoms with Gasteiger partial charge in [0.15, 0.2) is 0 Å². The number of ether oxygens (including phenoxy) is 1. The van der Waals surface area contributed by atoms with E-state index in [4.69, 9.17) is 16.3 Å². The van der Waals surface area contributed by atoms with Gasteiger partial charge in [-0.2, -0.15) is 0 Å². The molecule has 4 nitrogen and oxygen atoms in total. The van der Waals surface area contributed by atoms with Gasteiger partial charge in [0.2, 0.25) is 5.91 Å². The van der Waals surface area contributed by atoms with Gasteiger partial charge in [0.25, 0.3) is 0 Å². The molecular formula is C18H19ClN2O2. The Balaban J connectivity index is 1.58. The first kappa shape index (κ1) is 15.8. The first-order chi connectivity index (χ1) is 11.2. The summed E-state index contributed by atoms with van der Waals surface area (Å²) in [6.07, 6.45) is 0.887. The third kappa shape index (κ3) is 4.47. The lowest BCUT2D eigenvalue weighted by atomic mass is 10.1. The largest absolute Gasteiger partial charge is 0.489 e. The van der Waals surface area contributed by atoms with E-state index in [0.29, 0.717) is 11.6 Å². The number of nitrogens with one attached hydrogen (secondary N) is 2. The van der Waals surface area contributed by atoms with Crippen LogP contribution in [0.2, 0.25) is 5.02 Å². The highest BCUT2D eigenvalue weighted by molar-refractivity contribution is 6.30. The lowest BCUT2D eigenvalue weighted by Gasteiger charge is -2.12. The highest BCUT2D eigenvalue weighted by Crippen LogP contribution is 2.20. The molecule has 2 aromatic rings. The average molecular weight is 331 g/mol. The van der Waals surface area contributed by atoms with Crippen LogP contribution in [0.25, 0.3) is 0 Å². The third-order valence-corrected chi connectivity index (χ3v) is 4.10. The van der Waals surface area contributed by atoms with Crippen LogP contribution in [-0.2, 0) is 11.4 Å². The number of amides is 1. The topological polar surface area (TPSA) is 50.4 Å². The SMILES string of the molecule is O=C(Nc1cccc(OCc2ccc(Cl)cc2)c1)C1CCNC1. The molecule has 0 saturated carbocycles. The normalized spacial score (nSPS) is 17.0. The second kappa shape index (κ2) is 7.49. The fourth-order valence-corrected chi connectivity index (χ4v) is 2.66. The molecule has 1 aliphatic heterocycles. The Hall–Kier alpha value is -2.04. The van der Waals surface area contributed by atoms with Crippen molar-refractivity contribution in [1.29, 1.82) is 0 Å². The molecule has 3 rings (SSSR count). The minimum atomic E-state index is 0.0497. The predicted molar refractivity (Wildman–Crippen MR) is 91.8 cm³/mol. The second-order valence-corrected chi connectivity index (χ2v) is 6.06. The zero-order valence-electron chi connectivity index (χ0n) is 12.7. The zero-order valence-corrected chi connectivity index (χ0v) is 13.5. The Morgan fingerprint density at radius 2 is 2.09 bits per heavy atom. The summed E-state index contributed by atoms with van der Waals surface area (Å²) in [4.78, 5) is 12.1. The van der Waals surface area contributed by atoms with Gasteiger partial charge in [-0.05, 0) is 42.8 Å². The molecule has 1 fully saturated rings. The Labute approximate surface area is 140 Å². The maximum Gasteiger partial charge on any atom is 0.228 e. The second-order valence-electron chi connectivity index (χ2n) is 5.62. The first-order valence-corrected chi connectivity index (χ1v) is 8.07. The van der Waals surface area contributed by atoms with Gasteiger partial charge in [0.1, 0.15) is 12.4 Å². The molecule has 1 unspecified atom stereocenters. The molecule has 1 saturated heterocycles. The number of benzene rings is 2. The highest BCUT2D eigenvalue weighted by atomic mass is 35.5. The molecule has 5 heteroatoms. The van der Waals surface area contributed by atoms with Crippen LogP contribution < -0.4 is 15.4 Å². The van der Waals surface area contributed by atoms with Crippen molar-refractivity contribution in [3.05, 3.63) is 59.1 Å². The number of carbonyl (C=O) groups excluding carboxylic acids is 1. The Bertz CT molecular complexity index is 667. The summed E-state index contributed by atoms with van der Waals surface area (Å²) in [6.45, 7) is 2.11. The summed E-state index contributed by atoms with van der Waals surface area (Å²) in [5.41, 5.74) is 1.80. The number of hydrogen-bond acceptors (Lipinski definition) is 3. The molecule has 0 aliphatic carbocycles. The van der Waals surface area contributed by atoms with E-state index in [1.54, 1.807) is 0 Å². The van der Waals surface area contributed by atoms with Gasteiger partial charge in [0, 0.05) is 23.3 Å². The summed E-state index contributed by atoms with van der Waals surface area (Å²) < 4.78 is 5.77. The van der Waals surface area contributed by atoms with E-state index in [0.717, 1.165) is 36.5 Å². The Morgan fingerprint density at radius 3 is 2.83 bits per heavy atom. The van der Waals surface area contributed by atoms with Crippen molar-refractivity contribution in [3.8, 4) is 5.75 Å². The number of halogens is 1. The summed E-state index contributed by atoms with van der Waals surface area (Å²) >= 11 is 5.87. The fraction of sp³-hybridized carbons (Fsp3) is 0.278. The van der Waals surface area contributed by atoms with E-state index in [1.807, 2.05) is 48.5 Å². The van der Waals surface area contributed by atoms with Gasteiger partial charge in [-0.25, -0.2) is 0 Å². The molecule has 0 aromatic heterocycles. The van der Waals surface area contributed by atoms with Crippen molar-refractivity contribution in [1.82, 2.24) is 5.32 Å². The van der Waals surface area contributed by atoms with Crippen LogP contribution in [0.1, 0.15) is 12.0 Å². The molecule has 2 N–H and O–H groups in total. The van der Waals surface area contributed by atoms with Crippen LogP contribution in [-0.4, -0.2) is 19.0 Å². The minimum absolute atomic E-state index is 0.0497. The molecular weight excluding hydrogens is 312 g/mol. The molecule has 0 spiro atoms. The minimum Gasteiger partial charge on any atom is -0.489 e. The summed E-state index contributed by atoms with van der Waals surface area (Å²) in [5.74, 6) is 0.834. The average Bonchev–Trinajstić information content (AvgIpc) is 3.09. The number of hydrogen-bond donors (Lipinski definition) is 2. The van der Waals surface area contributed by atoms with Crippen LogP contribution in [0.3, 0.4) is 0 Å². The number of carbonyl (C=O) groups is 1. The lowest BCUT2D eigenvalue weighted by Crippen LogP contribution is -2.24. The van der Waals surface area contributed by atoms with Crippen molar-refractivity contribution >= 4 is 23.2 Å². The Morgan fingerprint density at radius 1 is 1.26 bits per heavy atom. The van der Waals surface area contributed by atoms with E-state index in [2.05, 4.69) is 10.6 Å². The van der Waals surface area contributed by atoms with Gasteiger partial charge in [0.05, 0.1) is 5.92 Å². The van der Waals surface area contributed by atoms with Crippen LogP contribution in [0, 0.1) is 5.92 Å². The number of anilines is 1. The van der Waals surface area contributed by atoms with Crippen LogP contribution in [0.5, 0.6) is 5.75 Å². The van der Waals surface area contributed by atoms with Crippen molar-refractivity contribution in [2.24, 2.45) is 5.92 Å². The molecule has 2 aromatic carbocycles. The van der Waals surface area contributed by atoms with E-state index < -0.39 is 0 Å². The van der Waals surface area contributed by atoms with Crippen molar-refractivity contribution in [3.63, 3.8) is 0 Å². The van der Waals surface area contributed by atoms with E-state index in [9.17, 15) is 4.79 Å². The van der Waals surface area contributed by atoms with Gasteiger partial charge < -0.3 is 15.4 Å². The standard InChI is InChI=1S/C18H19ClN2O2/c19-15-6-4-13(5-7-15)12-23-17-3-1-2-16(10-17)21-18(22)14-8-9-20-11-14/h1-7,10,14,20H,8-9,11-12H2,(H,21,22). The molecule has 1 aliphatic rings. The van der Waals surface area contributed by atoms with Crippen LogP contribution in [0.15, 0.2) is 48.5 Å². The lowest BCUT2D eigenvalue weighted by molar-refractivity contribution is -0.119. The van der Waals surface area contributed by atoms with E-state index in [-0.39, 0.29) is 11.8 Å². The maximum absolute atomic E-state index is 12.1. The highest BCUT2D eigenvalue weighted by Gasteiger charge is 2.22. The predicted octanol–water partition coefficient (Wildman–Crippen LogP) is 3.47. The van der Waals surface area contributed by atoms with Crippen molar-refractivity contribution in [2.45, 2.75) is 13.0 Å². The van der Waals surface area contributed by atoms with E-state index >= 15 is 0 Å². The van der Waals surface area contributed by atoms with E-state index in [1.165, 1.54) is 0 Å². The number of rotatable bonds is 5. The molecule has 1 amide bonds. The quantitative estimate of drug-likeness (QED) is 0.882. The maximum atomic E-state index is 12.1. The summed E-state index contributed by atoms with van der Waals surface area (Å²) in [5, 5.41) is 6.86. The molecule has 1 heterocycles. The first-order valence-electron chi connectivity index (χ1n) is 7.69. The van der Waals surface area contributed by atoms with Gasteiger partial charge >= 0.3 is 0 Å². The Kier molecular flexibility index (Phi) is 5.16. The fourth-order valence-electron chi connectivity index (χ4n) is 2.53. The molecule has 0 bridgehead atoms. The van der Waals surface area contributed by atoms with Gasteiger partial charge in [-0.3, -0.25) is 4.79 Å². The summed E-state index contributed by atoms with van der Waals surface area (Å²) in [6, 6.07) is 15.0. The smallest absolute Gasteiger partial charge is 0.228 e. The molecule has 1 atom stereocenters. The molecule has 120 valence electrons. The monoisotopic (exact) mass is 330 g/mol. The van der Waals surface area contributed by atoms with Crippen LogP contribution >= 0.6 is 11.6 Å². The van der Waals surface area contributed by atoms with Crippen molar-refractivity contribution < 1.29 is 9.53 Å². The van der Waals surface area contributed by atoms with Gasteiger partial charge in [-0.15, -0.1) is 0 Å².